The lowest BCUT2D eigenvalue weighted by Crippen LogP contribution is -2.43. The number of hydrogen-bond acceptors (Lipinski definition) is 2. The maximum absolute atomic E-state index is 11.8. The summed E-state index contributed by atoms with van der Waals surface area (Å²) >= 11 is 3.38. The number of carbonyl (C=O) groups excluding carboxylic acids is 1. The molecule has 1 fully saturated rings. The molecule has 1 aliphatic rings. The van der Waals surface area contributed by atoms with Crippen molar-refractivity contribution in [1.82, 2.24) is 5.32 Å². The zero-order valence-corrected chi connectivity index (χ0v) is 11.0. The van der Waals surface area contributed by atoms with Crippen LogP contribution in [-0.4, -0.2) is 28.5 Å². The Morgan fingerprint density at radius 2 is 2.20 bits per heavy atom. The highest BCUT2D eigenvalue weighted by Gasteiger charge is 2.30. The molecule has 15 heavy (non-hydrogen) atoms. The standard InChI is InChI=1S/C11H20BrNO2/c1-7(2)10(12)11(15)13-9-5-3-4-8(9)6-14/h7-10,14H,3-6H2,1-2H3,(H,13,15). The van der Waals surface area contributed by atoms with Crippen LogP contribution in [0.2, 0.25) is 0 Å². The first-order valence-corrected chi connectivity index (χ1v) is 6.53. The largest absolute Gasteiger partial charge is 0.396 e. The molecular weight excluding hydrogens is 258 g/mol. The Morgan fingerprint density at radius 3 is 2.73 bits per heavy atom. The maximum Gasteiger partial charge on any atom is 0.234 e. The average Bonchev–Trinajstić information content (AvgIpc) is 2.63. The van der Waals surface area contributed by atoms with Gasteiger partial charge in [-0.3, -0.25) is 4.79 Å². The number of rotatable bonds is 4. The van der Waals surface area contributed by atoms with E-state index in [1.165, 1.54) is 0 Å². The summed E-state index contributed by atoms with van der Waals surface area (Å²) in [4.78, 5) is 11.6. The molecule has 0 aromatic rings. The van der Waals surface area contributed by atoms with Crippen molar-refractivity contribution in [3.63, 3.8) is 0 Å². The fraction of sp³-hybridized carbons (Fsp3) is 0.909. The number of halogens is 1. The lowest BCUT2D eigenvalue weighted by atomic mass is 10.0. The van der Waals surface area contributed by atoms with Crippen LogP contribution >= 0.6 is 15.9 Å². The minimum absolute atomic E-state index is 0.0513. The molecule has 0 spiro atoms. The minimum Gasteiger partial charge on any atom is -0.396 e. The van der Waals surface area contributed by atoms with Gasteiger partial charge in [-0.2, -0.15) is 0 Å². The van der Waals surface area contributed by atoms with E-state index in [9.17, 15) is 4.79 Å². The van der Waals surface area contributed by atoms with Gasteiger partial charge in [-0.15, -0.1) is 0 Å². The van der Waals surface area contributed by atoms with Crippen molar-refractivity contribution in [3.8, 4) is 0 Å². The summed E-state index contributed by atoms with van der Waals surface area (Å²) in [6, 6.07) is 0.168. The molecule has 3 unspecified atom stereocenters. The molecule has 1 aliphatic carbocycles. The molecule has 2 N–H and O–H groups in total. The van der Waals surface area contributed by atoms with E-state index in [0.717, 1.165) is 19.3 Å². The maximum atomic E-state index is 11.8. The Morgan fingerprint density at radius 1 is 1.53 bits per heavy atom. The molecule has 3 nitrogen and oxygen atoms in total. The summed E-state index contributed by atoms with van der Waals surface area (Å²) in [6.45, 7) is 4.20. The molecule has 0 bridgehead atoms. The predicted molar refractivity (Wildman–Crippen MR) is 63.9 cm³/mol. The first-order valence-electron chi connectivity index (χ1n) is 5.61. The fourth-order valence-electron chi connectivity index (χ4n) is 2.01. The van der Waals surface area contributed by atoms with E-state index in [-0.39, 0.29) is 29.3 Å². The number of aliphatic hydroxyl groups is 1. The Bertz CT molecular complexity index is 221. The van der Waals surface area contributed by atoms with Crippen LogP contribution in [0.15, 0.2) is 0 Å². The highest BCUT2D eigenvalue weighted by atomic mass is 79.9. The third kappa shape index (κ3) is 3.45. The SMILES string of the molecule is CC(C)C(Br)C(=O)NC1CCCC1CO. The van der Waals surface area contributed by atoms with E-state index in [1.54, 1.807) is 0 Å². The van der Waals surface area contributed by atoms with Crippen LogP contribution < -0.4 is 5.32 Å². The number of nitrogens with one attached hydrogen (secondary N) is 1. The van der Waals surface area contributed by atoms with E-state index >= 15 is 0 Å². The first-order chi connectivity index (χ1) is 7.06. The van der Waals surface area contributed by atoms with Crippen LogP contribution in [0.1, 0.15) is 33.1 Å². The summed E-state index contributed by atoms with van der Waals surface area (Å²) in [7, 11) is 0. The van der Waals surface area contributed by atoms with E-state index in [1.807, 2.05) is 13.8 Å². The Kier molecular flexibility index (Phi) is 5.06. The first kappa shape index (κ1) is 13.0. The van der Waals surface area contributed by atoms with Gasteiger partial charge in [-0.05, 0) is 18.8 Å². The van der Waals surface area contributed by atoms with E-state index in [4.69, 9.17) is 5.11 Å². The van der Waals surface area contributed by atoms with Crippen molar-refractivity contribution in [2.45, 2.75) is 44.0 Å². The van der Waals surface area contributed by atoms with Gasteiger partial charge in [0.15, 0.2) is 0 Å². The highest BCUT2D eigenvalue weighted by Crippen LogP contribution is 2.25. The third-order valence-electron chi connectivity index (χ3n) is 3.06. The summed E-state index contributed by atoms with van der Waals surface area (Å²) in [5.74, 6) is 0.593. The molecule has 0 aliphatic heterocycles. The summed E-state index contributed by atoms with van der Waals surface area (Å²) in [5, 5.41) is 12.1. The molecular formula is C11H20BrNO2. The van der Waals surface area contributed by atoms with Crippen LogP contribution in [0.4, 0.5) is 0 Å². The van der Waals surface area contributed by atoms with Gasteiger partial charge in [0.2, 0.25) is 5.91 Å². The normalized spacial score (nSPS) is 28.1. The third-order valence-corrected chi connectivity index (χ3v) is 4.53. The van der Waals surface area contributed by atoms with Gasteiger partial charge in [0.1, 0.15) is 0 Å². The Labute approximate surface area is 99.8 Å². The Balaban J connectivity index is 2.43. The summed E-state index contributed by atoms with van der Waals surface area (Å²) in [5.41, 5.74) is 0. The van der Waals surface area contributed by atoms with Crippen molar-refractivity contribution in [1.29, 1.82) is 0 Å². The molecule has 4 heteroatoms. The number of carbonyl (C=O) groups is 1. The van der Waals surface area contributed by atoms with Gasteiger partial charge < -0.3 is 10.4 Å². The quantitative estimate of drug-likeness (QED) is 0.769. The molecule has 0 saturated heterocycles. The average molecular weight is 278 g/mol. The van der Waals surface area contributed by atoms with E-state index < -0.39 is 0 Å². The molecule has 0 aromatic heterocycles. The molecule has 1 amide bonds. The second kappa shape index (κ2) is 5.85. The second-order valence-corrected chi connectivity index (χ2v) is 5.62. The highest BCUT2D eigenvalue weighted by molar-refractivity contribution is 9.10. The topological polar surface area (TPSA) is 49.3 Å². The lowest BCUT2D eigenvalue weighted by Gasteiger charge is -2.22. The molecule has 1 saturated carbocycles. The molecule has 1 rings (SSSR count). The van der Waals surface area contributed by atoms with Crippen LogP contribution in [0, 0.1) is 11.8 Å². The molecule has 88 valence electrons. The molecule has 0 heterocycles. The van der Waals surface area contributed by atoms with Crippen LogP contribution in [-0.2, 0) is 4.79 Å². The van der Waals surface area contributed by atoms with Crippen molar-refractivity contribution in [2.75, 3.05) is 6.61 Å². The van der Waals surface area contributed by atoms with Crippen molar-refractivity contribution in [2.24, 2.45) is 11.8 Å². The summed E-state index contributed by atoms with van der Waals surface area (Å²) < 4.78 is 0. The number of amides is 1. The zero-order chi connectivity index (χ0) is 11.4. The van der Waals surface area contributed by atoms with Gasteiger partial charge in [0.05, 0.1) is 4.83 Å². The fourth-order valence-corrected chi connectivity index (χ4v) is 2.14. The molecule has 0 radical (unpaired) electrons. The number of aliphatic hydroxyl groups excluding tert-OH is 1. The van der Waals surface area contributed by atoms with Crippen molar-refractivity contribution < 1.29 is 9.90 Å². The lowest BCUT2D eigenvalue weighted by molar-refractivity contribution is -0.122. The summed E-state index contributed by atoms with van der Waals surface area (Å²) in [6.07, 6.45) is 3.12. The molecule has 3 atom stereocenters. The van der Waals surface area contributed by atoms with Crippen LogP contribution in [0.5, 0.6) is 0 Å². The van der Waals surface area contributed by atoms with Gasteiger partial charge in [0, 0.05) is 18.6 Å². The smallest absolute Gasteiger partial charge is 0.234 e. The zero-order valence-electron chi connectivity index (χ0n) is 9.37. The van der Waals surface area contributed by atoms with Crippen molar-refractivity contribution >= 4 is 21.8 Å². The second-order valence-electron chi connectivity index (χ2n) is 4.63. The molecule has 0 aromatic carbocycles. The van der Waals surface area contributed by atoms with E-state index in [2.05, 4.69) is 21.2 Å². The Hall–Kier alpha value is -0.0900. The number of alkyl halides is 1. The van der Waals surface area contributed by atoms with Gasteiger partial charge in [0.25, 0.3) is 0 Å². The van der Waals surface area contributed by atoms with Gasteiger partial charge in [-0.1, -0.05) is 36.2 Å². The van der Waals surface area contributed by atoms with Gasteiger partial charge in [-0.25, -0.2) is 0 Å². The van der Waals surface area contributed by atoms with Crippen LogP contribution in [0.25, 0.3) is 0 Å². The van der Waals surface area contributed by atoms with Crippen molar-refractivity contribution in [3.05, 3.63) is 0 Å². The minimum atomic E-state index is -0.127. The predicted octanol–water partition coefficient (Wildman–Crippen LogP) is 1.68. The van der Waals surface area contributed by atoms with Gasteiger partial charge >= 0.3 is 0 Å². The van der Waals surface area contributed by atoms with E-state index in [0.29, 0.717) is 5.92 Å². The van der Waals surface area contributed by atoms with Crippen LogP contribution in [0.3, 0.4) is 0 Å². The monoisotopic (exact) mass is 277 g/mol. The number of hydrogen-bond donors (Lipinski definition) is 2.